The van der Waals surface area contributed by atoms with Crippen molar-refractivity contribution in [3.05, 3.63) is 22.4 Å². The number of rotatable bonds is 4. The van der Waals surface area contributed by atoms with Crippen LogP contribution in [0, 0.1) is 5.92 Å². The van der Waals surface area contributed by atoms with Crippen LogP contribution in [0.3, 0.4) is 0 Å². The average Bonchev–Trinajstić information content (AvgIpc) is 2.67. The Labute approximate surface area is 103 Å². The Kier molecular flexibility index (Phi) is 4.86. The SMILES string of the molecule is CNC(Cc1cccs1)C1CCCCCC1. The third kappa shape index (κ3) is 3.33. The number of hydrogen-bond acceptors (Lipinski definition) is 2. The molecule has 1 nitrogen and oxygen atoms in total. The predicted molar refractivity (Wildman–Crippen MR) is 72.1 cm³/mol. The van der Waals surface area contributed by atoms with Crippen LogP contribution in [0.25, 0.3) is 0 Å². The lowest BCUT2D eigenvalue weighted by atomic mass is 9.89. The molecule has 90 valence electrons. The fourth-order valence-corrected chi connectivity index (χ4v) is 3.63. The molecule has 0 aromatic carbocycles. The minimum absolute atomic E-state index is 0.691. The number of hydrogen-bond donors (Lipinski definition) is 1. The lowest BCUT2D eigenvalue weighted by Gasteiger charge is -2.25. The molecule has 1 aliphatic rings. The lowest BCUT2D eigenvalue weighted by molar-refractivity contribution is 0.334. The standard InChI is InChI=1S/C14H23NS/c1-15-14(11-13-9-6-10-16-13)12-7-4-2-3-5-8-12/h6,9-10,12,14-15H,2-5,7-8,11H2,1H3. The second-order valence-corrected chi connectivity index (χ2v) is 5.96. The van der Waals surface area contributed by atoms with E-state index in [1.165, 1.54) is 49.8 Å². The van der Waals surface area contributed by atoms with Crippen molar-refractivity contribution in [1.29, 1.82) is 0 Å². The van der Waals surface area contributed by atoms with E-state index in [0.29, 0.717) is 6.04 Å². The van der Waals surface area contributed by atoms with Gasteiger partial charge in [-0.3, -0.25) is 0 Å². The lowest BCUT2D eigenvalue weighted by Crippen LogP contribution is -2.35. The normalized spacial score (nSPS) is 20.6. The van der Waals surface area contributed by atoms with E-state index in [2.05, 4.69) is 29.9 Å². The predicted octanol–water partition coefficient (Wildman–Crippen LogP) is 3.85. The van der Waals surface area contributed by atoms with Gasteiger partial charge in [-0.15, -0.1) is 11.3 Å². The van der Waals surface area contributed by atoms with E-state index >= 15 is 0 Å². The molecule has 16 heavy (non-hydrogen) atoms. The Hall–Kier alpha value is -0.340. The van der Waals surface area contributed by atoms with Crippen molar-refractivity contribution >= 4 is 11.3 Å². The van der Waals surface area contributed by atoms with Gasteiger partial charge in [0.05, 0.1) is 0 Å². The van der Waals surface area contributed by atoms with Crippen molar-refractivity contribution in [2.45, 2.75) is 51.0 Å². The van der Waals surface area contributed by atoms with Crippen LogP contribution in [0.1, 0.15) is 43.4 Å². The quantitative estimate of drug-likeness (QED) is 0.784. The monoisotopic (exact) mass is 237 g/mol. The van der Waals surface area contributed by atoms with Gasteiger partial charge in [-0.05, 0) is 43.7 Å². The summed E-state index contributed by atoms with van der Waals surface area (Å²) in [4.78, 5) is 1.53. The molecule has 1 atom stereocenters. The van der Waals surface area contributed by atoms with Crippen LogP contribution in [0.15, 0.2) is 17.5 Å². The van der Waals surface area contributed by atoms with Gasteiger partial charge in [-0.1, -0.05) is 31.7 Å². The molecule has 1 aromatic rings. The first-order valence-electron chi connectivity index (χ1n) is 6.60. The average molecular weight is 237 g/mol. The maximum absolute atomic E-state index is 3.54. The summed E-state index contributed by atoms with van der Waals surface area (Å²) in [6.45, 7) is 0. The van der Waals surface area contributed by atoms with Gasteiger partial charge in [0.1, 0.15) is 0 Å². The highest BCUT2D eigenvalue weighted by molar-refractivity contribution is 7.09. The first-order valence-corrected chi connectivity index (χ1v) is 7.48. The van der Waals surface area contributed by atoms with Gasteiger partial charge >= 0.3 is 0 Å². The van der Waals surface area contributed by atoms with Crippen molar-refractivity contribution < 1.29 is 0 Å². The highest BCUT2D eigenvalue weighted by atomic mass is 32.1. The maximum atomic E-state index is 3.54. The molecule has 0 radical (unpaired) electrons. The molecule has 0 aliphatic heterocycles. The van der Waals surface area contributed by atoms with Crippen molar-refractivity contribution in [2.75, 3.05) is 7.05 Å². The van der Waals surface area contributed by atoms with E-state index in [0.717, 1.165) is 5.92 Å². The summed E-state index contributed by atoms with van der Waals surface area (Å²) in [5.74, 6) is 0.898. The van der Waals surface area contributed by atoms with Gasteiger partial charge in [0.15, 0.2) is 0 Å². The summed E-state index contributed by atoms with van der Waals surface area (Å²) >= 11 is 1.90. The molecule has 0 bridgehead atoms. The molecule has 0 spiro atoms. The highest BCUT2D eigenvalue weighted by Gasteiger charge is 2.21. The zero-order chi connectivity index (χ0) is 11.2. The molecule has 0 saturated heterocycles. The van der Waals surface area contributed by atoms with Crippen molar-refractivity contribution in [2.24, 2.45) is 5.92 Å². The molecule has 1 unspecified atom stereocenters. The van der Waals surface area contributed by atoms with Gasteiger partial charge in [0.25, 0.3) is 0 Å². The summed E-state index contributed by atoms with van der Waals surface area (Å²) in [5, 5.41) is 5.73. The smallest absolute Gasteiger partial charge is 0.0141 e. The fraction of sp³-hybridized carbons (Fsp3) is 0.714. The number of nitrogens with one attached hydrogen (secondary N) is 1. The Morgan fingerprint density at radius 2 is 2.06 bits per heavy atom. The van der Waals surface area contributed by atoms with Crippen LogP contribution in [-0.4, -0.2) is 13.1 Å². The molecular formula is C14H23NS. The number of likely N-dealkylation sites (N-methyl/N-ethyl adjacent to an activating group) is 1. The number of thiophene rings is 1. The molecule has 1 heterocycles. The fourth-order valence-electron chi connectivity index (χ4n) is 2.86. The summed E-state index contributed by atoms with van der Waals surface area (Å²) in [5.41, 5.74) is 0. The summed E-state index contributed by atoms with van der Waals surface area (Å²) in [7, 11) is 2.13. The molecule has 1 aromatic heterocycles. The zero-order valence-corrected chi connectivity index (χ0v) is 11.1. The summed E-state index contributed by atoms with van der Waals surface area (Å²) in [6.07, 6.45) is 9.85. The van der Waals surface area contributed by atoms with Crippen LogP contribution in [0.4, 0.5) is 0 Å². The Bertz CT molecular complexity index is 273. The van der Waals surface area contributed by atoms with Gasteiger partial charge in [-0.2, -0.15) is 0 Å². The van der Waals surface area contributed by atoms with Crippen molar-refractivity contribution in [1.82, 2.24) is 5.32 Å². The molecule has 0 amide bonds. The molecule has 1 N–H and O–H groups in total. The van der Waals surface area contributed by atoms with Gasteiger partial charge in [0, 0.05) is 10.9 Å². The van der Waals surface area contributed by atoms with Crippen LogP contribution >= 0.6 is 11.3 Å². The second kappa shape index (κ2) is 6.41. The van der Waals surface area contributed by atoms with Crippen LogP contribution in [0.5, 0.6) is 0 Å². The topological polar surface area (TPSA) is 12.0 Å². The minimum atomic E-state index is 0.691. The third-order valence-electron chi connectivity index (χ3n) is 3.84. The summed E-state index contributed by atoms with van der Waals surface area (Å²) < 4.78 is 0. The maximum Gasteiger partial charge on any atom is 0.0141 e. The van der Waals surface area contributed by atoms with Crippen LogP contribution in [-0.2, 0) is 6.42 Å². The zero-order valence-electron chi connectivity index (χ0n) is 10.2. The van der Waals surface area contributed by atoms with Crippen molar-refractivity contribution in [3.8, 4) is 0 Å². The van der Waals surface area contributed by atoms with Gasteiger partial charge < -0.3 is 5.32 Å². The van der Waals surface area contributed by atoms with Crippen LogP contribution in [0.2, 0.25) is 0 Å². The molecule has 1 saturated carbocycles. The van der Waals surface area contributed by atoms with Crippen LogP contribution < -0.4 is 5.32 Å². The van der Waals surface area contributed by atoms with E-state index in [-0.39, 0.29) is 0 Å². The van der Waals surface area contributed by atoms with E-state index < -0.39 is 0 Å². The molecule has 2 heteroatoms. The minimum Gasteiger partial charge on any atom is -0.316 e. The van der Waals surface area contributed by atoms with E-state index in [1.54, 1.807) is 0 Å². The molecule has 1 aliphatic carbocycles. The van der Waals surface area contributed by atoms with E-state index in [4.69, 9.17) is 0 Å². The first kappa shape index (κ1) is 12.1. The molecular weight excluding hydrogens is 214 g/mol. The third-order valence-corrected chi connectivity index (χ3v) is 4.74. The van der Waals surface area contributed by atoms with E-state index in [9.17, 15) is 0 Å². The van der Waals surface area contributed by atoms with Gasteiger partial charge in [0.2, 0.25) is 0 Å². The molecule has 2 rings (SSSR count). The van der Waals surface area contributed by atoms with Gasteiger partial charge in [-0.25, -0.2) is 0 Å². The second-order valence-electron chi connectivity index (χ2n) is 4.93. The molecule has 1 fully saturated rings. The van der Waals surface area contributed by atoms with Crippen molar-refractivity contribution in [3.63, 3.8) is 0 Å². The Morgan fingerprint density at radius 1 is 1.31 bits per heavy atom. The Morgan fingerprint density at radius 3 is 2.62 bits per heavy atom. The highest BCUT2D eigenvalue weighted by Crippen LogP contribution is 2.27. The summed E-state index contributed by atoms with van der Waals surface area (Å²) in [6, 6.07) is 5.13. The van der Waals surface area contributed by atoms with E-state index in [1.807, 2.05) is 11.3 Å². The first-order chi connectivity index (χ1) is 7.90. The largest absolute Gasteiger partial charge is 0.316 e. The Balaban J connectivity index is 1.92.